The van der Waals surface area contributed by atoms with Gasteiger partial charge in [-0.3, -0.25) is 9.59 Å². The highest BCUT2D eigenvalue weighted by Gasteiger charge is 2.30. The quantitative estimate of drug-likeness (QED) is 0.787. The van der Waals surface area contributed by atoms with Crippen LogP contribution in [-0.4, -0.2) is 57.0 Å². The molecule has 9 nitrogen and oxygen atoms in total. The molecule has 2 aromatic heterocycles. The van der Waals surface area contributed by atoms with Crippen LogP contribution in [0.1, 0.15) is 48.2 Å². The Morgan fingerprint density at radius 3 is 2.90 bits per heavy atom. The van der Waals surface area contributed by atoms with Crippen LogP contribution in [0, 0.1) is 11.3 Å². The number of nitrogens with one attached hydrogen (secondary N) is 1. The van der Waals surface area contributed by atoms with Gasteiger partial charge in [-0.25, -0.2) is 9.97 Å². The molecular formula is C20H24N6O3. The lowest BCUT2D eigenvalue weighted by atomic mass is 10.1. The fraction of sp³-hybridized carbons (Fsp3) is 0.450. The van der Waals surface area contributed by atoms with Crippen molar-refractivity contribution in [2.75, 3.05) is 19.8 Å². The summed E-state index contributed by atoms with van der Waals surface area (Å²) in [5, 5.41) is 11.7. The first-order valence-corrected chi connectivity index (χ1v) is 9.53. The summed E-state index contributed by atoms with van der Waals surface area (Å²) in [6, 6.07) is 4.90. The van der Waals surface area contributed by atoms with Crippen LogP contribution in [0.15, 0.2) is 30.7 Å². The molecule has 1 aliphatic heterocycles. The van der Waals surface area contributed by atoms with Crippen LogP contribution in [0.3, 0.4) is 0 Å². The first-order chi connectivity index (χ1) is 14.0. The number of amides is 2. The summed E-state index contributed by atoms with van der Waals surface area (Å²) in [7, 11) is 0. The highest BCUT2D eigenvalue weighted by Crippen LogP contribution is 2.15. The summed E-state index contributed by atoms with van der Waals surface area (Å²) in [5.41, 5.74) is 0.634. The van der Waals surface area contributed by atoms with Crippen LogP contribution >= 0.6 is 0 Å². The van der Waals surface area contributed by atoms with E-state index in [0.717, 1.165) is 5.82 Å². The minimum atomic E-state index is -0.364. The molecule has 152 valence electrons. The molecule has 3 heterocycles. The van der Waals surface area contributed by atoms with Crippen molar-refractivity contribution >= 4 is 11.8 Å². The number of nitriles is 1. The van der Waals surface area contributed by atoms with Gasteiger partial charge in [-0.15, -0.1) is 0 Å². The van der Waals surface area contributed by atoms with E-state index >= 15 is 0 Å². The van der Waals surface area contributed by atoms with Crippen LogP contribution in [-0.2, 0) is 16.1 Å². The number of nitrogens with zero attached hydrogens (tertiary/aromatic N) is 5. The topological polar surface area (TPSA) is 113 Å². The summed E-state index contributed by atoms with van der Waals surface area (Å²) in [5.74, 6) is 0.387. The maximum absolute atomic E-state index is 12.9. The molecule has 1 aliphatic rings. The fourth-order valence-corrected chi connectivity index (χ4v) is 3.26. The summed E-state index contributed by atoms with van der Waals surface area (Å²) in [6.07, 6.45) is 5.12. The lowest BCUT2D eigenvalue weighted by Crippen LogP contribution is -2.50. The second kappa shape index (κ2) is 9.30. The first kappa shape index (κ1) is 20.5. The first-order valence-electron chi connectivity index (χ1n) is 9.53. The van der Waals surface area contributed by atoms with Gasteiger partial charge in [0.15, 0.2) is 0 Å². The second-order valence-corrected chi connectivity index (χ2v) is 7.10. The van der Waals surface area contributed by atoms with E-state index in [-0.39, 0.29) is 36.0 Å². The Bertz CT molecular complexity index is 900. The Kier molecular flexibility index (Phi) is 6.57. The molecule has 0 unspecified atom stereocenters. The molecule has 29 heavy (non-hydrogen) atoms. The van der Waals surface area contributed by atoms with Crippen molar-refractivity contribution in [3.05, 3.63) is 47.8 Å². The number of ether oxygens (including phenoxy) is 1. The molecule has 3 rings (SSSR count). The summed E-state index contributed by atoms with van der Waals surface area (Å²) in [6.45, 7) is 5.53. The van der Waals surface area contributed by atoms with Crippen LogP contribution < -0.4 is 5.32 Å². The van der Waals surface area contributed by atoms with Gasteiger partial charge >= 0.3 is 0 Å². The molecule has 1 saturated heterocycles. The molecule has 0 spiro atoms. The molecule has 1 N–H and O–H groups in total. The van der Waals surface area contributed by atoms with Gasteiger partial charge in [0.05, 0.1) is 31.4 Å². The Morgan fingerprint density at radius 2 is 2.21 bits per heavy atom. The smallest absolute Gasteiger partial charge is 0.255 e. The van der Waals surface area contributed by atoms with Gasteiger partial charge in [-0.1, -0.05) is 0 Å². The summed E-state index contributed by atoms with van der Waals surface area (Å²) in [4.78, 5) is 35.2. The molecule has 2 amide bonds. The normalized spacial score (nSPS) is 16.5. The maximum atomic E-state index is 12.9. The van der Waals surface area contributed by atoms with Crippen LogP contribution in [0.5, 0.6) is 0 Å². The van der Waals surface area contributed by atoms with E-state index in [1.54, 1.807) is 17.2 Å². The third kappa shape index (κ3) is 4.97. The molecule has 2 aromatic rings. The van der Waals surface area contributed by atoms with E-state index < -0.39 is 0 Å². The minimum Gasteiger partial charge on any atom is -0.377 e. The zero-order valence-corrected chi connectivity index (χ0v) is 16.5. The molecule has 0 bridgehead atoms. The Balaban J connectivity index is 1.61. The number of pyridine rings is 1. The van der Waals surface area contributed by atoms with Crippen molar-refractivity contribution < 1.29 is 14.3 Å². The van der Waals surface area contributed by atoms with E-state index in [9.17, 15) is 9.59 Å². The van der Waals surface area contributed by atoms with Crippen molar-refractivity contribution in [1.29, 1.82) is 5.26 Å². The number of rotatable bonds is 6. The number of imidazole rings is 1. The predicted octanol–water partition coefficient (Wildman–Crippen LogP) is 1.28. The summed E-state index contributed by atoms with van der Waals surface area (Å²) >= 11 is 0. The number of carbonyl (C=O) groups excluding carboxylic acids is 2. The predicted molar refractivity (Wildman–Crippen MR) is 104 cm³/mol. The monoisotopic (exact) mass is 396 g/mol. The van der Waals surface area contributed by atoms with Crippen LogP contribution in [0.2, 0.25) is 0 Å². The fourth-order valence-electron chi connectivity index (χ4n) is 3.26. The average Bonchev–Trinajstić information content (AvgIpc) is 3.21. The minimum absolute atomic E-state index is 0.137. The third-order valence-corrected chi connectivity index (χ3v) is 4.78. The van der Waals surface area contributed by atoms with E-state index in [4.69, 9.17) is 10.00 Å². The Morgan fingerprint density at radius 1 is 1.38 bits per heavy atom. The van der Waals surface area contributed by atoms with E-state index in [2.05, 4.69) is 15.3 Å². The number of morpholine rings is 1. The van der Waals surface area contributed by atoms with Gasteiger partial charge < -0.3 is 19.5 Å². The highest BCUT2D eigenvalue weighted by atomic mass is 16.5. The van der Waals surface area contributed by atoms with Gasteiger partial charge in [-0.05, 0) is 26.0 Å². The second-order valence-electron chi connectivity index (χ2n) is 7.10. The average molecular weight is 396 g/mol. The Labute approximate surface area is 169 Å². The van der Waals surface area contributed by atoms with E-state index in [1.807, 2.05) is 30.7 Å². The van der Waals surface area contributed by atoms with Crippen LogP contribution in [0.25, 0.3) is 0 Å². The number of hydrogen-bond acceptors (Lipinski definition) is 6. The number of aromatic nitrogens is 3. The lowest BCUT2D eigenvalue weighted by molar-refractivity contribution is -0.123. The van der Waals surface area contributed by atoms with Crippen LogP contribution in [0.4, 0.5) is 0 Å². The molecule has 1 atom stereocenters. The molecule has 0 aromatic carbocycles. The van der Waals surface area contributed by atoms with Gasteiger partial charge in [-0.2, -0.15) is 5.26 Å². The number of carbonyl (C=O) groups is 2. The van der Waals surface area contributed by atoms with Gasteiger partial charge in [0.2, 0.25) is 5.91 Å². The van der Waals surface area contributed by atoms with Crippen molar-refractivity contribution in [2.45, 2.75) is 38.9 Å². The largest absolute Gasteiger partial charge is 0.377 e. The van der Waals surface area contributed by atoms with E-state index in [0.29, 0.717) is 31.9 Å². The van der Waals surface area contributed by atoms with Gasteiger partial charge in [0, 0.05) is 37.6 Å². The van der Waals surface area contributed by atoms with Gasteiger partial charge in [0.1, 0.15) is 17.6 Å². The zero-order valence-electron chi connectivity index (χ0n) is 16.5. The standard InChI is InChI=1S/C20H24N6O3/c1-14(2)25-6-5-22-18(25)12-24-19(27)9-17-13-29-8-7-26(17)20(28)15-3-4-16(10-21)23-11-15/h3-6,11,14,17H,7-9,12-13H2,1-2H3,(H,24,27)/t17-/m1/s1. The molecule has 1 fully saturated rings. The van der Waals surface area contributed by atoms with Crippen molar-refractivity contribution in [2.24, 2.45) is 0 Å². The third-order valence-electron chi connectivity index (χ3n) is 4.78. The highest BCUT2D eigenvalue weighted by molar-refractivity contribution is 5.94. The Hall–Kier alpha value is -3.25. The molecule has 9 heteroatoms. The molecule has 0 radical (unpaired) electrons. The molecule has 0 saturated carbocycles. The number of hydrogen-bond donors (Lipinski definition) is 1. The summed E-state index contributed by atoms with van der Waals surface area (Å²) < 4.78 is 7.49. The molecular weight excluding hydrogens is 372 g/mol. The molecule has 0 aliphatic carbocycles. The van der Waals surface area contributed by atoms with Gasteiger partial charge in [0.25, 0.3) is 5.91 Å². The lowest BCUT2D eigenvalue weighted by Gasteiger charge is -2.35. The van der Waals surface area contributed by atoms with E-state index in [1.165, 1.54) is 12.3 Å². The van der Waals surface area contributed by atoms with Crippen molar-refractivity contribution in [3.8, 4) is 6.07 Å². The van der Waals surface area contributed by atoms with Crippen molar-refractivity contribution in [1.82, 2.24) is 24.8 Å². The SMILES string of the molecule is CC(C)n1ccnc1CNC(=O)C[C@@H]1COCCN1C(=O)c1ccc(C#N)nc1. The van der Waals surface area contributed by atoms with Crippen molar-refractivity contribution in [3.63, 3.8) is 0 Å². The zero-order chi connectivity index (χ0) is 20.8. The maximum Gasteiger partial charge on any atom is 0.255 e.